The molecule has 0 spiro atoms. The first-order valence-electron chi connectivity index (χ1n) is 8.97. The smallest absolute Gasteiger partial charge is 0.355 e. The van der Waals surface area contributed by atoms with Gasteiger partial charge in [-0.25, -0.2) is 9.59 Å². The molecule has 1 heterocycles. The van der Waals surface area contributed by atoms with Gasteiger partial charge in [0.15, 0.2) is 6.61 Å². The molecule has 1 N–H and O–H groups in total. The molecule has 28 heavy (non-hydrogen) atoms. The number of ketones is 1. The van der Waals surface area contributed by atoms with Crippen molar-refractivity contribution in [3.63, 3.8) is 0 Å². The minimum Gasteiger partial charge on any atom is -0.461 e. The van der Waals surface area contributed by atoms with Gasteiger partial charge in [-0.15, -0.1) is 0 Å². The molecule has 6 heteroatoms. The minimum atomic E-state index is -0.574. The quantitative estimate of drug-likeness (QED) is 0.517. The monoisotopic (exact) mass is 379 g/mol. The predicted molar refractivity (Wildman–Crippen MR) is 105 cm³/mol. The van der Waals surface area contributed by atoms with Gasteiger partial charge in [0.2, 0.25) is 5.78 Å². The molecule has 144 valence electrons. The van der Waals surface area contributed by atoms with Crippen molar-refractivity contribution in [1.82, 2.24) is 4.98 Å². The van der Waals surface area contributed by atoms with Crippen LogP contribution in [-0.2, 0) is 9.47 Å². The van der Waals surface area contributed by atoms with Crippen LogP contribution in [0.25, 0.3) is 10.8 Å². The number of H-pyrrole nitrogens is 1. The van der Waals surface area contributed by atoms with Crippen molar-refractivity contribution in [2.24, 2.45) is 0 Å². The second-order valence-electron chi connectivity index (χ2n) is 6.41. The molecule has 1 aromatic heterocycles. The maximum absolute atomic E-state index is 12.6. The number of aromatic amines is 1. The Labute approximate surface area is 162 Å². The van der Waals surface area contributed by atoms with Gasteiger partial charge in [-0.05, 0) is 49.2 Å². The van der Waals surface area contributed by atoms with Gasteiger partial charge in [0.25, 0.3) is 0 Å². The maximum atomic E-state index is 12.6. The van der Waals surface area contributed by atoms with Crippen LogP contribution < -0.4 is 0 Å². The van der Waals surface area contributed by atoms with Crippen molar-refractivity contribution in [2.75, 3.05) is 13.2 Å². The number of rotatable bonds is 6. The van der Waals surface area contributed by atoms with E-state index in [4.69, 9.17) is 9.47 Å². The third-order valence-corrected chi connectivity index (χ3v) is 4.52. The molecule has 0 fully saturated rings. The first-order valence-corrected chi connectivity index (χ1v) is 8.97. The molecule has 2 aromatic carbocycles. The molecule has 0 saturated carbocycles. The summed E-state index contributed by atoms with van der Waals surface area (Å²) in [6, 6.07) is 12.9. The van der Waals surface area contributed by atoms with Gasteiger partial charge in [-0.3, -0.25) is 4.79 Å². The minimum absolute atomic E-state index is 0.239. The van der Waals surface area contributed by atoms with Crippen LogP contribution in [0, 0.1) is 13.8 Å². The highest BCUT2D eigenvalue weighted by Crippen LogP contribution is 2.20. The fraction of sp³-hybridized carbons (Fsp3) is 0.227. The molecule has 0 aliphatic rings. The van der Waals surface area contributed by atoms with Gasteiger partial charge >= 0.3 is 11.9 Å². The number of carbonyl (C=O) groups excluding carboxylic acids is 3. The van der Waals surface area contributed by atoms with Crippen LogP contribution in [0.3, 0.4) is 0 Å². The van der Waals surface area contributed by atoms with Crippen LogP contribution in [0.5, 0.6) is 0 Å². The Balaban J connectivity index is 1.72. The normalized spacial score (nSPS) is 10.7. The average Bonchev–Trinajstić information content (AvgIpc) is 3.00. The molecule has 0 bridgehead atoms. The number of nitrogens with one attached hydrogen (secondary N) is 1. The van der Waals surface area contributed by atoms with E-state index in [-0.39, 0.29) is 18.1 Å². The van der Waals surface area contributed by atoms with E-state index in [1.54, 1.807) is 32.9 Å². The molecule has 0 saturated heterocycles. The summed E-state index contributed by atoms with van der Waals surface area (Å²) in [4.78, 5) is 39.8. The van der Waals surface area contributed by atoms with Crippen molar-refractivity contribution in [2.45, 2.75) is 20.8 Å². The predicted octanol–water partition coefficient (Wildman–Crippen LogP) is 4.00. The van der Waals surface area contributed by atoms with Crippen LogP contribution >= 0.6 is 0 Å². The summed E-state index contributed by atoms with van der Waals surface area (Å²) in [7, 11) is 0. The van der Waals surface area contributed by atoms with Crippen LogP contribution in [-0.4, -0.2) is 35.9 Å². The van der Waals surface area contributed by atoms with E-state index in [9.17, 15) is 14.4 Å². The second kappa shape index (κ2) is 8.08. The lowest BCUT2D eigenvalue weighted by Gasteiger charge is -2.06. The first kappa shape index (κ1) is 19.4. The SMILES string of the molecule is CCOC(=O)c1[nH]c(C)c(C(=O)COC(=O)c2ccc3ccccc3c2)c1C. The largest absolute Gasteiger partial charge is 0.461 e. The fourth-order valence-corrected chi connectivity index (χ4v) is 3.18. The number of fused-ring (bicyclic) bond motifs is 1. The lowest BCUT2D eigenvalue weighted by molar-refractivity contribution is 0.0473. The highest BCUT2D eigenvalue weighted by atomic mass is 16.5. The average molecular weight is 379 g/mol. The van der Waals surface area contributed by atoms with Crippen molar-refractivity contribution < 1.29 is 23.9 Å². The summed E-state index contributed by atoms with van der Waals surface area (Å²) in [5.41, 5.74) is 1.98. The Kier molecular flexibility index (Phi) is 5.59. The number of carbonyl (C=O) groups is 3. The van der Waals surface area contributed by atoms with Crippen LogP contribution in [0.15, 0.2) is 42.5 Å². The molecule has 3 rings (SSSR count). The molecule has 3 aromatic rings. The van der Waals surface area contributed by atoms with Crippen molar-refractivity contribution in [1.29, 1.82) is 0 Å². The lowest BCUT2D eigenvalue weighted by atomic mass is 10.1. The van der Waals surface area contributed by atoms with E-state index in [0.717, 1.165) is 10.8 Å². The van der Waals surface area contributed by atoms with Crippen LogP contribution in [0.4, 0.5) is 0 Å². The maximum Gasteiger partial charge on any atom is 0.355 e. The zero-order valence-corrected chi connectivity index (χ0v) is 16.0. The van der Waals surface area contributed by atoms with E-state index in [1.807, 2.05) is 30.3 Å². The Bertz CT molecular complexity index is 1060. The highest BCUT2D eigenvalue weighted by molar-refractivity contribution is 6.04. The molecule has 0 amide bonds. The number of benzene rings is 2. The topological polar surface area (TPSA) is 85.5 Å². The standard InChI is InChI=1S/C22H21NO5/c1-4-27-22(26)20-13(2)19(14(3)23-20)18(24)12-28-21(25)17-10-9-15-7-5-6-8-16(15)11-17/h5-11,23H,4,12H2,1-3H3. The number of Topliss-reactive ketones (excluding diaryl/α,β-unsaturated/α-hetero) is 1. The number of ether oxygens (including phenoxy) is 2. The van der Waals surface area contributed by atoms with Gasteiger partial charge in [0.1, 0.15) is 5.69 Å². The number of aromatic nitrogens is 1. The van der Waals surface area contributed by atoms with Gasteiger partial charge in [-0.1, -0.05) is 30.3 Å². The van der Waals surface area contributed by atoms with Crippen LogP contribution in [0.1, 0.15) is 49.4 Å². The van der Waals surface area contributed by atoms with Gasteiger partial charge < -0.3 is 14.5 Å². The van der Waals surface area contributed by atoms with E-state index >= 15 is 0 Å². The van der Waals surface area contributed by atoms with Crippen LogP contribution in [0.2, 0.25) is 0 Å². The molecule has 6 nitrogen and oxygen atoms in total. The lowest BCUT2D eigenvalue weighted by Crippen LogP contribution is -2.15. The number of aryl methyl sites for hydroxylation is 1. The zero-order valence-electron chi connectivity index (χ0n) is 16.0. The van der Waals surface area contributed by atoms with Gasteiger partial charge in [0, 0.05) is 11.3 Å². The third-order valence-electron chi connectivity index (χ3n) is 4.52. The van der Waals surface area contributed by atoms with Gasteiger partial charge in [0.05, 0.1) is 12.2 Å². The van der Waals surface area contributed by atoms with E-state index < -0.39 is 18.5 Å². The Morgan fingerprint density at radius 1 is 0.929 bits per heavy atom. The number of hydrogen-bond donors (Lipinski definition) is 1. The molecule has 0 unspecified atom stereocenters. The molecule has 0 atom stereocenters. The van der Waals surface area contributed by atoms with E-state index in [0.29, 0.717) is 22.4 Å². The zero-order chi connectivity index (χ0) is 20.3. The van der Waals surface area contributed by atoms with Crippen molar-refractivity contribution in [3.05, 3.63) is 70.5 Å². The van der Waals surface area contributed by atoms with E-state index in [2.05, 4.69) is 4.98 Å². The Morgan fingerprint density at radius 2 is 1.64 bits per heavy atom. The summed E-state index contributed by atoms with van der Waals surface area (Å²) in [5, 5.41) is 1.93. The summed E-state index contributed by atoms with van der Waals surface area (Å²) in [6.07, 6.45) is 0. The first-order chi connectivity index (χ1) is 13.4. The third kappa shape index (κ3) is 3.81. The van der Waals surface area contributed by atoms with Gasteiger partial charge in [-0.2, -0.15) is 0 Å². The van der Waals surface area contributed by atoms with Crippen molar-refractivity contribution in [3.8, 4) is 0 Å². The fourth-order valence-electron chi connectivity index (χ4n) is 3.18. The highest BCUT2D eigenvalue weighted by Gasteiger charge is 2.23. The Hall–Kier alpha value is -3.41. The number of hydrogen-bond acceptors (Lipinski definition) is 5. The Morgan fingerprint density at radius 3 is 2.36 bits per heavy atom. The van der Waals surface area contributed by atoms with Crippen molar-refractivity contribution >= 4 is 28.5 Å². The number of esters is 2. The summed E-state index contributed by atoms with van der Waals surface area (Å²) >= 11 is 0. The summed E-state index contributed by atoms with van der Waals surface area (Å²) in [6.45, 7) is 4.89. The molecular formula is C22H21NO5. The second-order valence-corrected chi connectivity index (χ2v) is 6.41. The molecule has 0 radical (unpaired) electrons. The summed E-state index contributed by atoms with van der Waals surface area (Å²) in [5.74, 6) is -1.47. The molecule has 0 aliphatic carbocycles. The van der Waals surface area contributed by atoms with E-state index in [1.165, 1.54) is 0 Å². The summed E-state index contributed by atoms with van der Waals surface area (Å²) < 4.78 is 10.2. The molecular weight excluding hydrogens is 358 g/mol. The molecule has 0 aliphatic heterocycles.